The smallest absolute Gasteiger partial charge is 0.412 e. The van der Waals surface area contributed by atoms with Gasteiger partial charge in [0, 0.05) is 5.69 Å². The standard InChI is InChI=1S/C19H19N3O5/c1-19(2,3)26-18(25)20-11-8-9-15(24)13(10-11)17-21-16(22-27-17)12-6-4-5-7-14(12)23/h4-10,23-24H,1-3H3,(H,20,25). The molecule has 1 heterocycles. The SMILES string of the molecule is CC(C)(C)OC(=O)Nc1ccc(O)c(-c2nc(-c3ccccc3O)no2)c1. The number of para-hydroxylation sites is 1. The second kappa shape index (κ2) is 6.99. The predicted octanol–water partition coefficient (Wildman–Crippen LogP) is 4.16. The van der Waals surface area contributed by atoms with Crippen molar-refractivity contribution in [3.63, 3.8) is 0 Å². The first-order chi connectivity index (χ1) is 12.7. The number of rotatable bonds is 3. The molecule has 0 fully saturated rings. The minimum absolute atomic E-state index is 0.00872. The third kappa shape index (κ3) is 4.35. The Morgan fingerprint density at radius 1 is 1.07 bits per heavy atom. The first-order valence-corrected chi connectivity index (χ1v) is 8.18. The monoisotopic (exact) mass is 369 g/mol. The zero-order valence-corrected chi connectivity index (χ0v) is 15.1. The molecular weight excluding hydrogens is 350 g/mol. The highest BCUT2D eigenvalue weighted by atomic mass is 16.6. The summed E-state index contributed by atoms with van der Waals surface area (Å²) in [5.41, 5.74) is 0.384. The Kier molecular flexibility index (Phi) is 4.72. The van der Waals surface area contributed by atoms with E-state index in [0.29, 0.717) is 11.3 Å². The number of nitrogens with zero attached hydrogens (tertiary/aromatic N) is 2. The summed E-state index contributed by atoms with van der Waals surface area (Å²) in [5.74, 6) is 0.123. The molecule has 0 saturated carbocycles. The van der Waals surface area contributed by atoms with Crippen molar-refractivity contribution in [3.8, 4) is 34.3 Å². The number of hydrogen-bond acceptors (Lipinski definition) is 7. The number of carbonyl (C=O) groups is 1. The Morgan fingerprint density at radius 2 is 1.78 bits per heavy atom. The van der Waals surface area contributed by atoms with Gasteiger partial charge >= 0.3 is 6.09 Å². The van der Waals surface area contributed by atoms with E-state index in [1.807, 2.05) is 0 Å². The van der Waals surface area contributed by atoms with Crippen molar-refractivity contribution in [1.82, 2.24) is 10.1 Å². The first-order valence-electron chi connectivity index (χ1n) is 8.18. The van der Waals surface area contributed by atoms with Crippen LogP contribution in [0.4, 0.5) is 10.5 Å². The van der Waals surface area contributed by atoms with Crippen LogP contribution in [0.1, 0.15) is 20.8 Å². The highest BCUT2D eigenvalue weighted by molar-refractivity contribution is 5.86. The van der Waals surface area contributed by atoms with E-state index in [1.54, 1.807) is 39.0 Å². The molecule has 0 aliphatic heterocycles. The van der Waals surface area contributed by atoms with Gasteiger partial charge in [-0.05, 0) is 51.1 Å². The lowest BCUT2D eigenvalue weighted by Gasteiger charge is -2.19. The second-order valence-corrected chi connectivity index (χ2v) is 6.80. The number of phenolic OH excluding ortho intramolecular Hbond substituents is 2. The summed E-state index contributed by atoms with van der Waals surface area (Å²) in [7, 11) is 0. The molecule has 3 aromatic rings. The molecule has 0 radical (unpaired) electrons. The Labute approximate surface area is 155 Å². The fourth-order valence-corrected chi connectivity index (χ4v) is 2.31. The number of carbonyl (C=O) groups excluding carboxylic acids is 1. The van der Waals surface area contributed by atoms with Gasteiger partial charge in [0.05, 0.1) is 11.1 Å². The number of nitrogens with one attached hydrogen (secondary N) is 1. The highest BCUT2D eigenvalue weighted by Crippen LogP contribution is 2.33. The summed E-state index contributed by atoms with van der Waals surface area (Å²) in [4.78, 5) is 16.1. The number of hydrogen-bond donors (Lipinski definition) is 3. The first kappa shape index (κ1) is 18.2. The van der Waals surface area contributed by atoms with Gasteiger partial charge in [0.1, 0.15) is 17.1 Å². The van der Waals surface area contributed by atoms with E-state index in [9.17, 15) is 15.0 Å². The van der Waals surface area contributed by atoms with Crippen LogP contribution >= 0.6 is 0 Å². The van der Waals surface area contributed by atoms with Crippen LogP contribution in [0.25, 0.3) is 22.8 Å². The van der Waals surface area contributed by atoms with Gasteiger partial charge in [0.2, 0.25) is 5.82 Å². The molecule has 1 amide bonds. The van der Waals surface area contributed by atoms with E-state index in [2.05, 4.69) is 15.5 Å². The largest absolute Gasteiger partial charge is 0.507 e. The van der Waals surface area contributed by atoms with Crippen LogP contribution in [0.2, 0.25) is 0 Å². The summed E-state index contributed by atoms with van der Waals surface area (Å²) in [6.07, 6.45) is -0.625. The molecule has 3 N–H and O–H groups in total. The molecule has 0 spiro atoms. The molecule has 0 unspecified atom stereocenters. The lowest BCUT2D eigenvalue weighted by molar-refractivity contribution is 0.0636. The Balaban J connectivity index is 1.87. The lowest BCUT2D eigenvalue weighted by atomic mass is 10.1. The Morgan fingerprint density at radius 3 is 2.48 bits per heavy atom. The van der Waals surface area contributed by atoms with Crippen molar-refractivity contribution in [2.45, 2.75) is 26.4 Å². The number of benzene rings is 2. The minimum atomic E-state index is -0.636. The molecule has 8 heteroatoms. The van der Waals surface area contributed by atoms with Gasteiger partial charge in [-0.15, -0.1) is 0 Å². The summed E-state index contributed by atoms with van der Waals surface area (Å²) in [6, 6.07) is 11.0. The fourth-order valence-electron chi connectivity index (χ4n) is 2.31. The van der Waals surface area contributed by atoms with Crippen molar-refractivity contribution in [1.29, 1.82) is 0 Å². The van der Waals surface area contributed by atoms with Gasteiger partial charge in [-0.1, -0.05) is 17.3 Å². The van der Waals surface area contributed by atoms with Crippen LogP contribution in [0.5, 0.6) is 11.5 Å². The van der Waals surface area contributed by atoms with E-state index >= 15 is 0 Å². The summed E-state index contributed by atoms with van der Waals surface area (Å²) >= 11 is 0. The maximum absolute atomic E-state index is 11.9. The van der Waals surface area contributed by atoms with E-state index < -0.39 is 11.7 Å². The number of phenols is 2. The third-order valence-electron chi connectivity index (χ3n) is 3.44. The molecule has 1 aromatic heterocycles. The maximum Gasteiger partial charge on any atom is 0.412 e. The van der Waals surface area contributed by atoms with Crippen LogP contribution in [0, 0.1) is 0 Å². The van der Waals surface area contributed by atoms with Crippen LogP contribution < -0.4 is 5.32 Å². The summed E-state index contributed by atoms with van der Waals surface area (Å²) in [5, 5.41) is 26.4. The van der Waals surface area contributed by atoms with Gasteiger partial charge in [-0.25, -0.2) is 4.79 Å². The average molecular weight is 369 g/mol. The number of ether oxygens (including phenoxy) is 1. The van der Waals surface area contributed by atoms with Crippen molar-refractivity contribution in [2.75, 3.05) is 5.32 Å². The van der Waals surface area contributed by atoms with E-state index in [4.69, 9.17) is 9.26 Å². The molecule has 140 valence electrons. The molecule has 0 saturated heterocycles. The van der Waals surface area contributed by atoms with Crippen molar-refractivity contribution in [3.05, 3.63) is 42.5 Å². The van der Waals surface area contributed by atoms with Gasteiger partial charge in [-0.2, -0.15) is 4.98 Å². The van der Waals surface area contributed by atoms with Crippen LogP contribution in [0.3, 0.4) is 0 Å². The third-order valence-corrected chi connectivity index (χ3v) is 3.44. The molecule has 0 aliphatic rings. The molecule has 27 heavy (non-hydrogen) atoms. The topological polar surface area (TPSA) is 118 Å². The molecule has 0 aliphatic carbocycles. The molecule has 0 bridgehead atoms. The lowest BCUT2D eigenvalue weighted by Crippen LogP contribution is -2.27. The molecule has 0 atom stereocenters. The van der Waals surface area contributed by atoms with E-state index in [-0.39, 0.29) is 28.8 Å². The number of aromatic hydroxyl groups is 2. The molecule has 3 rings (SSSR count). The van der Waals surface area contributed by atoms with Crippen molar-refractivity contribution >= 4 is 11.8 Å². The highest BCUT2D eigenvalue weighted by Gasteiger charge is 2.19. The van der Waals surface area contributed by atoms with Crippen molar-refractivity contribution in [2.24, 2.45) is 0 Å². The maximum atomic E-state index is 11.9. The Bertz CT molecular complexity index is 975. The van der Waals surface area contributed by atoms with Gasteiger partial charge in [0.25, 0.3) is 5.89 Å². The van der Waals surface area contributed by atoms with E-state index in [0.717, 1.165) is 0 Å². The Hall–Kier alpha value is -3.55. The zero-order chi connectivity index (χ0) is 19.6. The minimum Gasteiger partial charge on any atom is -0.507 e. The van der Waals surface area contributed by atoms with Crippen LogP contribution in [-0.2, 0) is 4.74 Å². The zero-order valence-electron chi connectivity index (χ0n) is 15.1. The molecular formula is C19H19N3O5. The number of aromatic nitrogens is 2. The number of amides is 1. The van der Waals surface area contributed by atoms with E-state index in [1.165, 1.54) is 24.3 Å². The fraction of sp³-hybridized carbons (Fsp3) is 0.211. The van der Waals surface area contributed by atoms with Crippen LogP contribution in [0.15, 0.2) is 47.0 Å². The van der Waals surface area contributed by atoms with Crippen LogP contribution in [-0.4, -0.2) is 32.0 Å². The predicted molar refractivity (Wildman–Crippen MR) is 98.4 cm³/mol. The van der Waals surface area contributed by atoms with Gasteiger partial charge in [0.15, 0.2) is 0 Å². The van der Waals surface area contributed by atoms with Gasteiger partial charge in [-0.3, -0.25) is 5.32 Å². The number of anilines is 1. The molecule has 8 nitrogen and oxygen atoms in total. The molecule has 2 aromatic carbocycles. The van der Waals surface area contributed by atoms with Crippen molar-refractivity contribution < 1.29 is 24.3 Å². The summed E-state index contributed by atoms with van der Waals surface area (Å²) in [6.45, 7) is 5.27. The average Bonchev–Trinajstić information content (AvgIpc) is 3.05. The van der Waals surface area contributed by atoms with Gasteiger partial charge < -0.3 is 19.5 Å². The normalized spacial score (nSPS) is 11.2. The quantitative estimate of drug-likeness (QED) is 0.593. The second-order valence-electron chi connectivity index (χ2n) is 6.80. The summed E-state index contributed by atoms with van der Waals surface area (Å²) < 4.78 is 10.4.